The van der Waals surface area contributed by atoms with E-state index in [0.717, 1.165) is 39.2 Å². The van der Waals surface area contributed by atoms with Crippen LogP contribution in [-0.4, -0.2) is 49.7 Å². The number of ether oxygens (including phenoxy) is 1. The van der Waals surface area contributed by atoms with Gasteiger partial charge >= 0.3 is 0 Å². The Kier molecular flexibility index (Phi) is 5.26. The molecule has 17 heavy (non-hydrogen) atoms. The van der Waals surface area contributed by atoms with Gasteiger partial charge in [0, 0.05) is 39.2 Å². The fourth-order valence-electron chi connectivity index (χ4n) is 2.55. The Bertz CT molecular complexity index is 234. The summed E-state index contributed by atoms with van der Waals surface area (Å²) < 4.78 is 5.63. The number of carbonyl (C=O) groups excluding carboxylic acids is 1. The van der Waals surface area contributed by atoms with Crippen molar-refractivity contribution in [1.82, 2.24) is 10.2 Å². The van der Waals surface area contributed by atoms with E-state index < -0.39 is 0 Å². The van der Waals surface area contributed by atoms with Gasteiger partial charge in [-0.15, -0.1) is 0 Å². The molecule has 2 saturated heterocycles. The molecule has 1 amide bonds. The number of likely N-dealkylation sites (tertiary alicyclic amines) is 1. The van der Waals surface area contributed by atoms with Crippen LogP contribution in [0.5, 0.6) is 0 Å². The molecule has 2 heterocycles. The molecule has 98 valence electrons. The smallest absolute Gasteiger partial charge is 0.223 e. The Morgan fingerprint density at radius 2 is 2.06 bits per heavy atom. The number of amides is 1. The number of nitrogens with one attached hydrogen (secondary N) is 1. The van der Waals surface area contributed by atoms with Gasteiger partial charge < -0.3 is 15.0 Å². The number of hydrogen-bond acceptors (Lipinski definition) is 3. The van der Waals surface area contributed by atoms with Crippen molar-refractivity contribution in [3.05, 3.63) is 0 Å². The first-order chi connectivity index (χ1) is 8.36. The highest BCUT2D eigenvalue weighted by Gasteiger charge is 2.17. The molecular weight excluding hydrogens is 216 g/mol. The lowest BCUT2D eigenvalue weighted by atomic mass is 10.1. The lowest BCUT2D eigenvalue weighted by Crippen LogP contribution is -2.35. The molecule has 0 aromatic rings. The summed E-state index contributed by atoms with van der Waals surface area (Å²) in [6, 6.07) is 0. The normalized spacial score (nSPS) is 25.2. The zero-order valence-electron chi connectivity index (χ0n) is 10.6. The lowest BCUT2D eigenvalue weighted by molar-refractivity contribution is -0.130. The van der Waals surface area contributed by atoms with Crippen LogP contribution in [0.25, 0.3) is 0 Å². The van der Waals surface area contributed by atoms with Crippen molar-refractivity contribution < 1.29 is 9.53 Å². The van der Waals surface area contributed by atoms with Gasteiger partial charge in [-0.1, -0.05) is 0 Å². The quantitative estimate of drug-likeness (QED) is 0.733. The predicted molar refractivity (Wildman–Crippen MR) is 66.9 cm³/mol. The molecule has 0 radical (unpaired) electrons. The maximum Gasteiger partial charge on any atom is 0.223 e. The molecule has 0 saturated carbocycles. The van der Waals surface area contributed by atoms with Crippen LogP contribution in [0.1, 0.15) is 38.5 Å². The third-order valence-corrected chi connectivity index (χ3v) is 3.62. The van der Waals surface area contributed by atoms with E-state index in [1.807, 2.05) is 4.90 Å². The van der Waals surface area contributed by atoms with Gasteiger partial charge in [-0.3, -0.25) is 4.79 Å². The molecule has 0 aliphatic carbocycles. The first-order valence-electron chi connectivity index (χ1n) is 6.96. The minimum Gasteiger partial charge on any atom is -0.377 e. The van der Waals surface area contributed by atoms with Crippen LogP contribution in [0.3, 0.4) is 0 Å². The van der Waals surface area contributed by atoms with Crippen molar-refractivity contribution in [2.75, 3.05) is 32.8 Å². The summed E-state index contributed by atoms with van der Waals surface area (Å²) in [5.74, 6) is 0.305. The van der Waals surface area contributed by atoms with Gasteiger partial charge in [0.1, 0.15) is 0 Å². The molecule has 2 fully saturated rings. The lowest BCUT2D eigenvalue weighted by Gasteiger charge is -2.23. The molecule has 0 bridgehead atoms. The molecule has 0 spiro atoms. The maximum absolute atomic E-state index is 11.8. The summed E-state index contributed by atoms with van der Waals surface area (Å²) in [4.78, 5) is 13.7. The third-order valence-electron chi connectivity index (χ3n) is 3.62. The summed E-state index contributed by atoms with van der Waals surface area (Å²) in [5.41, 5.74) is 0. The van der Waals surface area contributed by atoms with E-state index in [9.17, 15) is 4.79 Å². The second-order valence-corrected chi connectivity index (χ2v) is 5.03. The van der Waals surface area contributed by atoms with E-state index in [0.29, 0.717) is 18.4 Å². The van der Waals surface area contributed by atoms with E-state index in [1.54, 1.807) is 0 Å². The average Bonchev–Trinajstić information content (AvgIpc) is 2.89. The Labute approximate surface area is 104 Å². The second kappa shape index (κ2) is 6.97. The summed E-state index contributed by atoms with van der Waals surface area (Å²) in [6.07, 6.45) is 6.98. The average molecular weight is 240 g/mol. The van der Waals surface area contributed by atoms with Crippen molar-refractivity contribution in [2.24, 2.45) is 0 Å². The second-order valence-electron chi connectivity index (χ2n) is 5.03. The molecule has 1 unspecified atom stereocenters. The van der Waals surface area contributed by atoms with E-state index >= 15 is 0 Å². The largest absolute Gasteiger partial charge is 0.377 e. The van der Waals surface area contributed by atoms with Gasteiger partial charge in [-0.2, -0.15) is 0 Å². The summed E-state index contributed by atoms with van der Waals surface area (Å²) in [5, 5.41) is 3.34. The number of rotatable bonds is 5. The van der Waals surface area contributed by atoms with Gasteiger partial charge in [0.25, 0.3) is 0 Å². The van der Waals surface area contributed by atoms with Crippen molar-refractivity contribution >= 4 is 5.91 Å². The summed E-state index contributed by atoms with van der Waals surface area (Å²) in [7, 11) is 0. The third kappa shape index (κ3) is 4.28. The minimum atomic E-state index is 0.305. The van der Waals surface area contributed by atoms with Crippen LogP contribution >= 0.6 is 0 Å². The van der Waals surface area contributed by atoms with E-state index in [1.165, 1.54) is 25.7 Å². The van der Waals surface area contributed by atoms with E-state index in [2.05, 4.69) is 5.32 Å². The zero-order chi connectivity index (χ0) is 11.9. The molecule has 2 aliphatic heterocycles. The molecule has 2 rings (SSSR count). The van der Waals surface area contributed by atoms with E-state index in [-0.39, 0.29) is 0 Å². The highest BCUT2D eigenvalue weighted by atomic mass is 16.5. The summed E-state index contributed by atoms with van der Waals surface area (Å²) >= 11 is 0. The molecule has 2 aliphatic rings. The highest BCUT2D eigenvalue weighted by molar-refractivity contribution is 5.76. The van der Waals surface area contributed by atoms with Crippen LogP contribution in [-0.2, 0) is 9.53 Å². The standard InChI is InChI=1S/C13H24N2O2/c16-13(15-8-2-3-9-15)6-7-14-11-12-5-1-4-10-17-12/h12,14H,1-11H2. The topological polar surface area (TPSA) is 41.6 Å². The maximum atomic E-state index is 11.8. The fraction of sp³-hybridized carbons (Fsp3) is 0.923. The first kappa shape index (κ1) is 12.8. The first-order valence-corrected chi connectivity index (χ1v) is 6.96. The van der Waals surface area contributed by atoms with Gasteiger partial charge in [0.15, 0.2) is 0 Å². The number of nitrogens with zero attached hydrogens (tertiary/aromatic N) is 1. The van der Waals surface area contributed by atoms with Gasteiger partial charge in [0.05, 0.1) is 6.10 Å². The Morgan fingerprint density at radius 3 is 2.76 bits per heavy atom. The Balaban J connectivity index is 1.51. The van der Waals surface area contributed by atoms with Crippen LogP contribution in [0.2, 0.25) is 0 Å². The number of carbonyl (C=O) groups is 1. The van der Waals surface area contributed by atoms with Gasteiger partial charge in [0.2, 0.25) is 5.91 Å². The SMILES string of the molecule is O=C(CCNCC1CCCCO1)N1CCCC1. The van der Waals surface area contributed by atoms with Crippen LogP contribution < -0.4 is 5.32 Å². The Hall–Kier alpha value is -0.610. The van der Waals surface area contributed by atoms with Crippen molar-refractivity contribution in [3.8, 4) is 0 Å². The highest BCUT2D eigenvalue weighted by Crippen LogP contribution is 2.11. The molecule has 4 nitrogen and oxygen atoms in total. The number of hydrogen-bond donors (Lipinski definition) is 1. The van der Waals surface area contributed by atoms with Crippen molar-refractivity contribution in [3.63, 3.8) is 0 Å². The Morgan fingerprint density at radius 1 is 1.24 bits per heavy atom. The van der Waals surface area contributed by atoms with Gasteiger partial charge in [-0.25, -0.2) is 0 Å². The van der Waals surface area contributed by atoms with Crippen LogP contribution in [0.15, 0.2) is 0 Å². The predicted octanol–water partition coefficient (Wildman–Crippen LogP) is 1.16. The van der Waals surface area contributed by atoms with Gasteiger partial charge in [-0.05, 0) is 32.1 Å². The monoisotopic (exact) mass is 240 g/mol. The van der Waals surface area contributed by atoms with Crippen LogP contribution in [0, 0.1) is 0 Å². The molecule has 0 aromatic heterocycles. The van der Waals surface area contributed by atoms with Crippen LogP contribution in [0.4, 0.5) is 0 Å². The minimum absolute atomic E-state index is 0.305. The molecular formula is C13H24N2O2. The van der Waals surface area contributed by atoms with Crippen molar-refractivity contribution in [2.45, 2.75) is 44.6 Å². The van der Waals surface area contributed by atoms with Crippen molar-refractivity contribution in [1.29, 1.82) is 0 Å². The molecule has 1 N–H and O–H groups in total. The molecule has 1 atom stereocenters. The molecule has 0 aromatic carbocycles. The fourth-order valence-corrected chi connectivity index (χ4v) is 2.55. The zero-order valence-corrected chi connectivity index (χ0v) is 10.6. The van der Waals surface area contributed by atoms with E-state index in [4.69, 9.17) is 4.74 Å². The summed E-state index contributed by atoms with van der Waals surface area (Å²) in [6.45, 7) is 4.51. The molecule has 4 heteroatoms.